The normalized spacial score (nSPS) is 10.3. The number of aromatic nitrogens is 3. The average Bonchev–Trinajstić information content (AvgIpc) is 2.80. The SMILES string of the molecule is COCOc1cc(N)ccc1-n1cncn1. The summed E-state index contributed by atoms with van der Waals surface area (Å²) in [6.45, 7) is 0.158. The predicted molar refractivity (Wildman–Crippen MR) is 58.3 cm³/mol. The van der Waals surface area contributed by atoms with Crippen molar-refractivity contribution in [3.8, 4) is 11.4 Å². The third kappa shape index (κ3) is 2.12. The lowest BCUT2D eigenvalue weighted by molar-refractivity contribution is 0.0510. The summed E-state index contributed by atoms with van der Waals surface area (Å²) in [4.78, 5) is 3.88. The molecular weight excluding hydrogens is 208 g/mol. The molecule has 2 aromatic rings. The molecular formula is C10H12N4O2. The smallest absolute Gasteiger partial charge is 0.188 e. The van der Waals surface area contributed by atoms with Crippen LogP contribution < -0.4 is 10.5 Å². The van der Waals surface area contributed by atoms with E-state index in [2.05, 4.69) is 10.1 Å². The minimum atomic E-state index is 0.158. The van der Waals surface area contributed by atoms with Crippen LogP contribution in [0.2, 0.25) is 0 Å². The van der Waals surface area contributed by atoms with Gasteiger partial charge in [-0.2, -0.15) is 5.10 Å². The van der Waals surface area contributed by atoms with Gasteiger partial charge in [0.1, 0.15) is 24.1 Å². The number of rotatable bonds is 4. The molecule has 1 aromatic heterocycles. The standard InChI is InChI=1S/C10H12N4O2/c1-15-7-16-10-4-8(11)2-3-9(10)14-6-12-5-13-14/h2-6H,7,11H2,1H3. The van der Waals surface area contributed by atoms with Crippen LogP contribution in [0.15, 0.2) is 30.9 Å². The second kappa shape index (κ2) is 4.63. The molecule has 2 rings (SSSR count). The molecule has 6 heteroatoms. The molecule has 0 aliphatic heterocycles. The first-order chi connectivity index (χ1) is 7.81. The fourth-order valence-electron chi connectivity index (χ4n) is 1.29. The third-order valence-corrected chi connectivity index (χ3v) is 1.98. The van der Waals surface area contributed by atoms with Crippen LogP contribution >= 0.6 is 0 Å². The van der Waals surface area contributed by atoms with Crippen molar-refractivity contribution in [2.45, 2.75) is 0 Å². The minimum Gasteiger partial charge on any atom is -0.465 e. The van der Waals surface area contributed by atoms with Gasteiger partial charge in [0.05, 0.1) is 0 Å². The van der Waals surface area contributed by atoms with Crippen molar-refractivity contribution < 1.29 is 9.47 Å². The van der Waals surface area contributed by atoms with Crippen molar-refractivity contribution in [1.82, 2.24) is 14.8 Å². The van der Waals surface area contributed by atoms with Crippen molar-refractivity contribution in [2.24, 2.45) is 0 Å². The van der Waals surface area contributed by atoms with Gasteiger partial charge in [-0.1, -0.05) is 0 Å². The zero-order chi connectivity index (χ0) is 11.4. The van der Waals surface area contributed by atoms with Crippen LogP contribution in [0.1, 0.15) is 0 Å². The Hall–Kier alpha value is -2.08. The number of benzene rings is 1. The molecule has 16 heavy (non-hydrogen) atoms. The zero-order valence-corrected chi connectivity index (χ0v) is 8.83. The molecule has 1 aromatic carbocycles. The van der Waals surface area contributed by atoms with E-state index in [1.165, 1.54) is 6.33 Å². The van der Waals surface area contributed by atoms with Crippen molar-refractivity contribution in [3.05, 3.63) is 30.9 Å². The lowest BCUT2D eigenvalue weighted by Gasteiger charge is -2.10. The zero-order valence-electron chi connectivity index (χ0n) is 8.83. The predicted octanol–water partition coefficient (Wildman–Crippen LogP) is 0.832. The Kier molecular flexibility index (Phi) is 3.02. The third-order valence-electron chi connectivity index (χ3n) is 1.98. The first-order valence-electron chi connectivity index (χ1n) is 4.67. The average molecular weight is 220 g/mol. The molecule has 0 amide bonds. The lowest BCUT2D eigenvalue weighted by atomic mass is 10.2. The number of hydrogen-bond donors (Lipinski definition) is 1. The Balaban J connectivity index is 2.36. The van der Waals surface area contributed by atoms with Crippen LogP contribution in [0.25, 0.3) is 5.69 Å². The molecule has 0 saturated heterocycles. The van der Waals surface area contributed by atoms with Gasteiger partial charge in [-0.25, -0.2) is 9.67 Å². The Labute approximate surface area is 92.6 Å². The van der Waals surface area contributed by atoms with Crippen LogP contribution in [0.4, 0.5) is 5.69 Å². The molecule has 0 atom stereocenters. The second-order valence-electron chi connectivity index (χ2n) is 3.12. The topological polar surface area (TPSA) is 75.2 Å². The van der Waals surface area contributed by atoms with Crippen LogP contribution in [0.3, 0.4) is 0 Å². The number of nitrogens with zero attached hydrogens (tertiary/aromatic N) is 3. The highest BCUT2D eigenvalue weighted by Gasteiger charge is 2.06. The first-order valence-corrected chi connectivity index (χ1v) is 4.67. The van der Waals surface area contributed by atoms with E-state index < -0.39 is 0 Å². The van der Waals surface area contributed by atoms with E-state index >= 15 is 0 Å². The van der Waals surface area contributed by atoms with Gasteiger partial charge >= 0.3 is 0 Å². The maximum absolute atomic E-state index is 5.69. The van der Waals surface area contributed by atoms with Gasteiger partial charge in [-0.15, -0.1) is 0 Å². The molecule has 0 spiro atoms. The molecule has 0 aliphatic rings. The van der Waals surface area contributed by atoms with Gasteiger partial charge in [-0.05, 0) is 12.1 Å². The molecule has 0 aliphatic carbocycles. The summed E-state index contributed by atoms with van der Waals surface area (Å²) in [5.74, 6) is 0.604. The molecule has 0 unspecified atom stereocenters. The highest BCUT2D eigenvalue weighted by Crippen LogP contribution is 2.24. The fraction of sp³-hybridized carbons (Fsp3) is 0.200. The van der Waals surface area contributed by atoms with E-state index in [9.17, 15) is 0 Å². The van der Waals surface area contributed by atoms with E-state index in [0.29, 0.717) is 11.4 Å². The number of anilines is 1. The number of ether oxygens (including phenoxy) is 2. The largest absolute Gasteiger partial charge is 0.465 e. The van der Waals surface area contributed by atoms with Crippen LogP contribution in [-0.4, -0.2) is 28.7 Å². The van der Waals surface area contributed by atoms with E-state index in [1.807, 2.05) is 6.07 Å². The van der Waals surface area contributed by atoms with Gasteiger partial charge in [0.2, 0.25) is 0 Å². The van der Waals surface area contributed by atoms with E-state index in [1.54, 1.807) is 30.3 Å². The van der Waals surface area contributed by atoms with Gasteiger partial charge < -0.3 is 15.2 Å². The van der Waals surface area contributed by atoms with E-state index in [4.69, 9.17) is 15.2 Å². The highest BCUT2D eigenvalue weighted by atomic mass is 16.7. The summed E-state index contributed by atoms with van der Waals surface area (Å²) in [5, 5.41) is 4.03. The maximum atomic E-state index is 5.69. The minimum absolute atomic E-state index is 0.158. The van der Waals surface area contributed by atoms with Gasteiger partial charge in [0.25, 0.3) is 0 Å². The highest BCUT2D eigenvalue weighted by molar-refractivity contribution is 5.55. The van der Waals surface area contributed by atoms with Crippen molar-refractivity contribution >= 4 is 5.69 Å². The van der Waals surface area contributed by atoms with Crippen molar-refractivity contribution in [2.75, 3.05) is 19.6 Å². The molecule has 6 nitrogen and oxygen atoms in total. The lowest BCUT2D eigenvalue weighted by Crippen LogP contribution is -2.04. The molecule has 84 valence electrons. The Morgan fingerprint density at radius 3 is 3.00 bits per heavy atom. The molecule has 1 heterocycles. The molecule has 2 N–H and O–H groups in total. The Morgan fingerprint density at radius 1 is 1.44 bits per heavy atom. The molecule has 0 fully saturated rings. The number of nitrogen functional groups attached to an aromatic ring is 1. The number of nitrogens with two attached hydrogens (primary N) is 1. The first kappa shape index (κ1) is 10.4. The van der Waals surface area contributed by atoms with Crippen LogP contribution in [-0.2, 0) is 4.74 Å². The number of methoxy groups -OCH3 is 1. The molecule has 0 radical (unpaired) electrons. The van der Waals surface area contributed by atoms with Crippen molar-refractivity contribution in [1.29, 1.82) is 0 Å². The van der Waals surface area contributed by atoms with Gasteiger partial charge in [0, 0.05) is 18.9 Å². The summed E-state index contributed by atoms with van der Waals surface area (Å²) in [7, 11) is 1.56. The maximum Gasteiger partial charge on any atom is 0.188 e. The summed E-state index contributed by atoms with van der Waals surface area (Å²) >= 11 is 0. The number of hydrogen-bond acceptors (Lipinski definition) is 5. The molecule has 0 saturated carbocycles. The van der Waals surface area contributed by atoms with E-state index in [0.717, 1.165) is 5.69 Å². The Morgan fingerprint density at radius 2 is 2.31 bits per heavy atom. The van der Waals surface area contributed by atoms with E-state index in [-0.39, 0.29) is 6.79 Å². The summed E-state index contributed by atoms with van der Waals surface area (Å²) < 4.78 is 11.9. The summed E-state index contributed by atoms with van der Waals surface area (Å²) in [5.41, 5.74) is 7.07. The molecule has 0 bridgehead atoms. The van der Waals surface area contributed by atoms with Crippen LogP contribution in [0.5, 0.6) is 5.75 Å². The van der Waals surface area contributed by atoms with Crippen molar-refractivity contribution in [3.63, 3.8) is 0 Å². The summed E-state index contributed by atoms with van der Waals surface area (Å²) in [6.07, 6.45) is 3.04. The van der Waals surface area contributed by atoms with Gasteiger partial charge in [0.15, 0.2) is 6.79 Å². The van der Waals surface area contributed by atoms with Crippen LogP contribution in [0, 0.1) is 0 Å². The second-order valence-corrected chi connectivity index (χ2v) is 3.12. The quantitative estimate of drug-likeness (QED) is 0.610. The fourth-order valence-corrected chi connectivity index (χ4v) is 1.29. The monoisotopic (exact) mass is 220 g/mol. The van der Waals surface area contributed by atoms with Gasteiger partial charge in [-0.3, -0.25) is 0 Å². The summed E-state index contributed by atoms with van der Waals surface area (Å²) in [6, 6.07) is 5.31. The Bertz CT molecular complexity index is 456.